The van der Waals surface area contributed by atoms with Crippen LogP contribution in [0.1, 0.15) is 28.9 Å². The molecule has 0 aliphatic carbocycles. The summed E-state index contributed by atoms with van der Waals surface area (Å²) in [5.41, 5.74) is 3.00. The first kappa shape index (κ1) is 12.8. The van der Waals surface area contributed by atoms with E-state index in [1.54, 1.807) is 6.92 Å². The third-order valence-electron chi connectivity index (χ3n) is 2.71. The van der Waals surface area contributed by atoms with Gasteiger partial charge >= 0.3 is 5.97 Å². The minimum absolute atomic E-state index is 0.00814. The van der Waals surface area contributed by atoms with Crippen molar-refractivity contribution in [2.24, 2.45) is 5.10 Å². The molecule has 2 amide bonds. The molecule has 0 aromatic carbocycles. The van der Waals surface area contributed by atoms with Crippen LogP contribution in [-0.4, -0.2) is 33.6 Å². The monoisotopic (exact) mass is 264 g/mol. The Morgan fingerprint density at radius 1 is 1.42 bits per heavy atom. The number of H-pyrrole nitrogens is 1. The van der Waals surface area contributed by atoms with Crippen LogP contribution in [0.3, 0.4) is 0 Å². The van der Waals surface area contributed by atoms with Crippen molar-refractivity contribution in [3.8, 4) is 0 Å². The number of rotatable bonds is 3. The summed E-state index contributed by atoms with van der Waals surface area (Å²) >= 11 is 0. The van der Waals surface area contributed by atoms with Gasteiger partial charge in [-0.1, -0.05) is 0 Å². The zero-order chi connectivity index (χ0) is 14.0. The quantitative estimate of drug-likeness (QED) is 0.623. The first-order chi connectivity index (χ1) is 8.99. The van der Waals surface area contributed by atoms with Gasteiger partial charge in [-0.25, -0.2) is 10.2 Å². The van der Waals surface area contributed by atoms with Gasteiger partial charge in [0.2, 0.25) is 5.91 Å². The molecular weight excluding hydrogens is 252 g/mol. The summed E-state index contributed by atoms with van der Waals surface area (Å²) in [6.45, 7) is 1.59. The van der Waals surface area contributed by atoms with E-state index >= 15 is 0 Å². The van der Waals surface area contributed by atoms with E-state index in [0.717, 1.165) is 0 Å². The molecule has 8 heteroatoms. The van der Waals surface area contributed by atoms with Crippen LogP contribution in [0.4, 0.5) is 5.69 Å². The Balaban J connectivity index is 2.16. The predicted molar refractivity (Wildman–Crippen MR) is 65.9 cm³/mol. The van der Waals surface area contributed by atoms with Gasteiger partial charge in [0.15, 0.2) is 0 Å². The second-order valence-electron chi connectivity index (χ2n) is 4.06. The Morgan fingerprint density at radius 2 is 2.16 bits per heavy atom. The van der Waals surface area contributed by atoms with Crippen molar-refractivity contribution in [3.63, 3.8) is 0 Å². The number of aromatic nitrogens is 1. The highest BCUT2D eigenvalue weighted by atomic mass is 16.4. The Morgan fingerprint density at radius 3 is 2.74 bits per heavy atom. The van der Waals surface area contributed by atoms with E-state index in [0.29, 0.717) is 5.69 Å². The van der Waals surface area contributed by atoms with Crippen LogP contribution in [0.5, 0.6) is 0 Å². The van der Waals surface area contributed by atoms with E-state index in [4.69, 9.17) is 5.11 Å². The maximum absolute atomic E-state index is 11.9. The van der Waals surface area contributed by atoms with Gasteiger partial charge in [-0.2, -0.15) is 5.10 Å². The molecule has 0 bridgehead atoms. The SMILES string of the molecule is Cc1[nH]cc(NC(=O)C2=NNC(=O)CC2)c1C(=O)O. The Bertz CT molecular complexity index is 588. The van der Waals surface area contributed by atoms with Crippen LogP contribution in [0.15, 0.2) is 11.3 Å². The van der Waals surface area contributed by atoms with Crippen molar-refractivity contribution in [2.45, 2.75) is 19.8 Å². The maximum Gasteiger partial charge on any atom is 0.339 e. The number of hydrogen-bond donors (Lipinski definition) is 4. The number of amides is 2. The van der Waals surface area contributed by atoms with Gasteiger partial charge in [0.1, 0.15) is 11.3 Å². The van der Waals surface area contributed by atoms with Crippen molar-refractivity contribution in [3.05, 3.63) is 17.5 Å². The number of nitrogens with zero attached hydrogens (tertiary/aromatic N) is 1. The van der Waals surface area contributed by atoms with Crippen molar-refractivity contribution in [1.29, 1.82) is 0 Å². The number of carboxylic acid groups (broad SMARTS) is 1. The standard InChI is InChI=1S/C11H12N4O4/c1-5-9(11(18)19)7(4-12-5)13-10(17)6-2-3-8(16)15-14-6/h4,12H,2-3H2,1H3,(H,13,17)(H,15,16)(H,18,19). The van der Waals surface area contributed by atoms with Gasteiger partial charge < -0.3 is 15.4 Å². The highest BCUT2D eigenvalue weighted by molar-refractivity contribution is 6.43. The number of aromatic amines is 1. The maximum atomic E-state index is 11.9. The highest BCUT2D eigenvalue weighted by Crippen LogP contribution is 2.19. The number of nitrogens with one attached hydrogen (secondary N) is 3. The summed E-state index contributed by atoms with van der Waals surface area (Å²) in [6.07, 6.45) is 1.81. The molecular formula is C11H12N4O4. The summed E-state index contributed by atoms with van der Waals surface area (Å²) in [5, 5.41) is 15.1. The molecule has 1 aromatic rings. The molecule has 0 saturated carbocycles. The number of hydrazone groups is 1. The first-order valence-electron chi connectivity index (χ1n) is 5.57. The summed E-state index contributed by atoms with van der Waals surface area (Å²) in [6, 6.07) is 0. The topological polar surface area (TPSA) is 124 Å². The number of carbonyl (C=O) groups is 3. The molecule has 0 saturated heterocycles. The van der Waals surface area contributed by atoms with E-state index in [9.17, 15) is 14.4 Å². The average molecular weight is 264 g/mol. The van der Waals surface area contributed by atoms with E-state index in [1.165, 1.54) is 6.20 Å². The highest BCUT2D eigenvalue weighted by Gasteiger charge is 2.22. The van der Waals surface area contributed by atoms with Crippen molar-refractivity contribution < 1.29 is 19.5 Å². The molecule has 19 heavy (non-hydrogen) atoms. The first-order valence-corrected chi connectivity index (χ1v) is 5.57. The lowest BCUT2D eigenvalue weighted by molar-refractivity contribution is -0.121. The molecule has 0 spiro atoms. The smallest absolute Gasteiger partial charge is 0.339 e. The largest absolute Gasteiger partial charge is 0.478 e. The van der Waals surface area contributed by atoms with E-state index < -0.39 is 11.9 Å². The van der Waals surface area contributed by atoms with Gasteiger partial charge in [0, 0.05) is 24.7 Å². The third-order valence-corrected chi connectivity index (χ3v) is 2.71. The van der Waals surface area contributed by atoms with Crippen LogP contribution in [0, 0.1) is 6.92 Å². The number of carboxylic acids is 1. The fraction of sp³-hybridized carbons (Fsp3) is 0.273. The molecule has 100 valence electrons. The number of carbonyl (C=O) groups excluding carboxylic acids is 2. The van der Waals surface area contributed by atoms with Crippen LogP contribution < -0.4 is 10.7 Å². The van der Waals surface area contributed by atoms with Gasteiger partial charge in [0.05, 0.1) is 5.69 Å². The molecule has 0 radical (unpaired) electrons. The average Bonchev–Trinajstić information content (AvgIpc) is 2.71. The summed E-state index contributed by atoms with van der Waals surface area (Å²) < 4.78 is 0. The van der Waals surface area contributed by atoms with Gasteiger partial charge in [0.25, 0.3) is 5.91 Å². The predicted octanol–water partition coefficient (Wildman–Crippen LogP) is 0.226. The third kappa shape index (κ3) is 2.62. The van der Waals surface area contributed by atoms with Crippen LogP contribution in [0.2, 0.25) is 0 Å². The van der Waals surface area contributed by atoms with Crippen LogP contribution in [-0.2, 0) is 9.59 Å². The van der Waals surface area contributed by atoms with Gasteiger partial charge in [-0.3, -0.25) is 9.59 Å². The second-order valence-corrected chi connectivity index (χ2v) is 4.06. The Kier molecular flexibility index (Phi) is 3.32. The molecule has 4 N–H and O–H groups in total. The Hall–Kier alpha value is -2.64. The number of anilines is 1. The number of hydrogen-bond acceptors (Lipinski definition) is 4. The molecule has 0 fully saturated rings. The lowest BCUT2D eigenvalue weighted by Crippen LogP contribution is -2.33. The van der Waals surface area contributed by atoms with E-state index in [2.05, 4.69) is 20.8 Å². The molecule has 2 heterocycles. The van der Waals surface area contributed by atoms with Crippen molar-refractivity contribution in [1.82, 2.24) is 10.4 Å². The molecule has 1 aliphatic rings. The number of aryl methyl sites for hydroxylation is 1. The van der Waals surface area contributed by atoms with Gasteiger partial charge in [-0.05, 0) is 6.92 Å². The van der Waals surface area contributed by atoms with E-state index in [-0.39, 0.29) is 35.7 Å². The fourth-order valence-corrected chi connectivity index (χ4v) is 1.73. The lowest BCUT2D eigenvalue weighted by Gasteiger charge is -2.11. The molecule has 2 rings (SSSR count). The van der Waals surface area contributed by atoms with Gasteiger partial charge in [-0.15, -0.1) is 0 Å². The summed E-state index contributed by atoms with van der Waals surface area (Å²) in [5.74, 6) is -1.91. The zero-order valence-electron chi connectivity index (χ0n) is 10.1. The fourth-order valence-electron chi connectivity index (χ4n) is 1.73. The minimum atomic E-state index is -1.13. The Labute approximate surface area is 107 Å². The molecule has 0 unspecified atom stereocenters. The second kappa shape index (κ2) is 4.92. The van der Waals surface area contributed by atoms with Crippen LogP contribution >= 0.6 is 0 Å². The summed E-state index contributed by atoms with van der Waals surface area (Å²) in [4.78, 5) is 36.5. The molecule has 1 aliphatic heterocycles. The van der Waals surface area contributed by atoms with Crippen LogP contribution in [0.25, 0.3) is 0 Å². The van der Waals surface area contributed by atoms with Crippen molar-refractivity contribution in [2.75, 3.05) is 5.32 Å². The summed E-state index contributed by atoms with van der Waals surface area (Å²) in [7, 11) is 0. The minimum Gasteiger partial charge on any atom is -0.478 e. The van der Waals surface area contributed by atoms with Crippen molar-refractivity contribution >= 4 is 29.2 Å². The zero-order valence-corrected chi connectivity index (χ0v) is 10.1. The molecule has 1 aromatic heterocycles. The molecule has 0 atom stereocenters. The van der Waals surface area contributed by atoms with E-state index in [1.807, 2.05) is 0 Å². The lowest BCUT2D eigenvalue weighted by atomic mass is 10.1. The normalized spacial score (nSPS) is 14.6. The number of aromatic carboxylic acids is 1. The molecule has 8 nitrogen and oxygen atoms in total.